The number of nitrogens with one attached hydrogen (secondary N) is 2. The van der Waals surface area contributed by atoms with Gasteiger partial charge in [-0.3, -0.25) is 4.72 Å². The Morgan fingerprint density at radius 2 is 1.58 bits per heavy atom. The van der Waals surface area contributed by atoms with Crippen molar-refractivity contribution in [2.75, 3.05) is 0 Å². The average molecular weight is 393 g/mol. The van der Waals surface area contributed by atoms with Crippen LogP contribution in [-0.4, -0.2) is 19.6 Å². The summed E-state index contributed by atoms with van der Waals surface area (Å²) in [6.45, 7) is 4.11. The molecule has 0 radical (unpaired) electrons. The summed E-state index contributed by atoms with van der Waals surface area (Å²) in [4.78, 5) is 0.245. The first-order valence-electron chi connectivity index (χ1n) is 9.66. The van der Waals surface area contributed by atoms with E-state index in [1.807, 2.05) is 6.92 Å². The molecule has 0 unspecified atom stereocenters. The molecule has 6 heteroatoms. The molecule has 0 saturated heterocycles. The van der Waals surface area contributed by atoms with Gasteiger partial charge < -0.3 is 5.32 Å². The van der Waals surface area contributed by atoms with E-state index < -0.39 is 10.0 Å². The number of benzene rings is 1. The number of rotatable bonds is 4. The molecule has 1 atom stereocenters. The van der Waals surface area contributed by atoms with Crippen LogP contribution in [0.1, 0.15) is 51.0 Å². The number of hydrogen-bond donors (Lipinski definition) is 2. The average Bonchev–Trinajstić information content (AvgIpc) is 2.53. The molecule has 5 rings (SSSR count). The molecule has 4 saturated carbocycles. The molecular weight excluding hydrogens is 364 g/mol. The van der Waals surface area contributed by atoms with Crippen molar-refractivity contribution in [3.05, 3.63) is 29.8 Å². The van der Waals surface area contributed by atoms with E-state index >= 15 is 0 Å². The number of aryl methyl sites for hydroxylation is 1. The van der Waals surface area contributed by atoms with E-state index in [-0.39, 0.29) is 21.5 Å². The minimum absolute atomic E-state index is 0.198. The van der Waals surface area contributed by atoms with Gasteiger partial charge in [0, 0.05) is 6.04 Å². The monoisotopic (exact) mass is 392 g/mol. The van der Waals surface area contributed by atoms with Crippen molar-refractivity contribution >= 4 is 27.4 Å². The van der Waals surface area contributed by atoms with Gasteiger partial charge in [-0.2, -0.15) is 0 Å². The summed E-state index contributed by atoms with van der Waals surface area (Å²) in [7, 11) is -3.63. The highest BCUT2D eigenvalue weighted by Gasteiger charge is 2.53. The van der Waals surface area contributed by atoms with Crippen LogP contribution < -0.4 is 10.0 Å². The van der Waals surface area contributed by atoms with Gasteiger partial charge in [0.25, 0.3) is 10.0 Å². The summed E-state index contributed by atoms with van der Waals surface area (Å²) >= 11 is 5.36. The van der Waals surface area contributed by atoms with Crippen molar-refractivity contribution in [3.63, 3.8) is 0 Å². The van der Waals surface area contributed by atoms with Crippen LogP contribution in [0.3, 0.4) is 0 Å². The van der Waals surface area contributed by atoms with Gasteiger partial charge >= 0.3 is 0 Å². The molecule has 142 valence electrons. The Labute approximate surface area is 162 Å². The SMILES string of the molecule is Cc1ccc(S(=O)(=O)NC(=S)N[C@H](C)C23CC4CC(CC(C4)C2)C3)cc1. The van der Waals surface area contributed by atoms with Gasteiger partial charge in [0.15, 0.2) is 5.11 Å². The normalized spacial score (nSPS) is 33.7. The molecule has 4 aliphatic rings. The van der Waals surface area contributed by atoms with Crippen LogP contribution >= 0.6 is 12.2 Å². The van der Waals surface area contributed by atoms with Crippen molar-refractivity contribution in [1.82, 2.24) is 10.0 Å². The molecule has 2 N–H and O–H groups in total. The Hall–Kier alpha value is -1.14. The van der Waals surface area contributed by atoms with Crippen LogP contribution in [0.15, 0.2) is 29.2 Å². The Balaban J connectivity index is 1.42. The van der Waals surface area contributed by atoms with E-state index in [4.69, 9.17) is 12.2 Å². The molecule has 0 aliphatic heterocycles. The Morgan fingerprint density at radius 3 is 2.08 bits per heavy atom. The summed E-state index contributed by atoms with van der Waals surface area (Å²) in [5.74, 6) is 2.59. The lowest BCUT2D eigenvalue weighted by Crippen LogP contribution is -2.57. The lowest BCUT2D eigenvalue weighted by Gasteiger charge is -2.59. The van der Waals surface area contributed by atoms with Crippen molar-refractivity contribution in [2.24, 2.45) is 23.2 Å². The largest absolute Gasteiger partial charge is 0.359 e. The molecule has 1 aromatic rings. The highest BCUT2D eigenvalue weighted by atomic mass is 32.2. The van der Waals surface area contributed by atoms with Crippen LogP contribution in [0.25, 0.3) is 0 Å². The second kappa shape index (κ2) is 6.48. The summed E-state index contributed by atoms with van der Waals surface area (Å²) < 4.78 is 27.6. The molecule has 1 aromatic carbocycles. The summed E-state index contributed by atoms with van der Waals surface area (Å²) in [6, 6.07) is 7.02. The van der Waals surface area contributed by atoms with E-state index in [1.165, 1.54) is 38.5 Å². The Kier molecular flexibility index (Phi) is 4.55. The van der Waals surface area contributed by atoms with E-state index in [0.29, 0.717) is 0 Å². The molecule has 4 aliphatic carbocycles. The van der Waals surface area contributed by atoms with Gasteiger partial charge in [0.2, 0.25) is 0 Å². The fraction of sp³-hybridized carbons (Fsp3) is 0.650. The molecule has 4 nitrogen and oxygen atoms in total. The minimum atomic E-state index is -3.63. The molecule has 26 heavy (non-hydrogen) atoms. The fourth-order valence-electron chi connectivity index (χ4n) is 5.99. The minimum Gasteiger partial charge on any atom is -0.359 e. The van der Waals surface area contributed by atoms with Crippen LogP contribution in [0.2, 0.25) is 0 Å². The third-order valence-corrected chi connectivity index (χ3v) is 8.62. The molecule has 0 spiro atoms. The summed E-state index contributed by atoms with van der Waals surface area (Å²) in [5.41, 5.74) is 1.31. The van der Waals surface area contributed by atoms with E-state index in [0.717, 1.165) is 23.3 Å². The summed E-state index contributed by atoms with van der Waals surface area (Å²) in [6.07, 6.45) is 7.99. The van der Waals surface area contributed by atoms with Gasteiger partial charge in [-0.15, -0.1) is 0 Å². The highest BCUT2D eigenvalue weighted by Crippen LogP contribution is 2.61. The second-order valence-electron chi connectivity index (χ2n) is 8.89. The van der Waals surface area contributed by atoms with Crippen molar-refractivity contribution in [3.8, 4) is 0 Å². The fourth-order valence-corrected chi connectivity index (χ4v) is 7.41. The van der Waals surface area contributed by atoms with Crippen molar-refractivity contribution in [2.45, 2.75) is 63.3 Å². The first kappa shape index (κ1) is 18.2. The van der Waals surface area contributed by atoms with E-state index in [9.17, 15) is 8.42 Å². The zero-order valence-corrected chi connectivity index (χ0v) is 17.1. The third kappa shape index (κ3) is 3.38. The number of sulfonamides is 1. The van der Waals surface area contributed by atoms with Gasteiger partial charge in [-0.05, 0) is 99.9 Å². The van der Waals surface area contributed by atoms with Crippen LogP contribution in [0, 0.1) is 30.1 Å². The molecule has 4 bridgehead atoms. The maximum absolute atomic E-state index is 12.5. The van der Waals surface area contributed by atoms with E-state index in [2.05, 4.69) is 17.0 Å². The third-order valence-electron chi connectivity index (χ3n) is 6.91. The number of thiocarbonyl (C=S) groups is 1. The smallest absolute Gasteiger partial charge is 0.263 e. The maximum atomic E-state index is 12.5. The molecule has 0 aromatic heterocycles. The summed E-state index contributed by atoms with van der Waals surface area (Å²) in [5, 5.41) is 3.53. The first-order chi connectivity index (χ1) is 12.3. The quantitative estimate of drug-likeness (QED) is 0.766. The highest BCUT2D eigenvalue weighted by molar-refractivity contribution is 7.91. The van der Waals surface area contributed by atoms with Gasteiger partial charge in [0.1, 0.15) is 0 Å². The van der Waals surface area contributed by atoms with Gasteiger partial charge in [-0.1, -0.05) is 17.7 Å². The van der Waals surface area contributed by atoms with Crippen molar-refractivity contribution < 1.29 is 8.42 Å². The predicted octanol–water partition coefficient (Wildman–Crippen LogP) is 3.75. The van der Waals surface area contributed by atoms with Crippen LogP contribution in [0.4, 0.5) is 0 Å². The first-order valence-corrected chi connectivity index (χ1v) is 11.5. The topological polar surface area (TPSA) is 58.2 Å². The Bertz CT molecular complexity index is 766. The Morgan fingerprint density at radius 1 is 1.08 bits per heavy atom. The lowest BCUT2D eigenvalue weighted by atomic mass is 9.48. The molecule has 0 heterocycles. The zero-order chi connectivity index (χ0) is 18.5. The van der Waals surface area contributed by atoms with E-state index in [1.54, 1.807) is 24.3 Å². The van der Waals surface area contributed by atoms with Gasteiger partial charge in [0.05, 0.1) is 4.90 Å². The van der Waals surface area contributed by atoms with Crippen LogP contribution in [-0.2, 0) is 10.0 Å². The molecular formula is C20H28N2O2S2. The van der Waals surface area contributed by atoms with Gasteiger partial charge in [-0.25, -0.2) is 8.42 Å². The van der Waals surface area contributed by atoms with Crippen LogP contribution in [0.5, 0.6) is 0 Å². The zero-order valence-electron chi connectivity index (χ0n) is 15.5. The standard InChI is InChI=1S/C20H28N2O2S2/c1-13-3-5-18(6-4-13)26(23,24)22-19(25)21-14(2)20-10-15-7-16(11-20)9-17(8-15)12-20/h3-6,14-17H,7-12H2,1-2H3,(H2,21,22,25)/t14-,15?,16?,17?,20?/m1/s1. The molecule has 0 amide bonds. The van der Waals surface area contributed by atoms with Crippen molar-refractivity contribution in [1.29, 1.82) is 0 Å². The molecule has 4 fully saturated rings. The second-order valence-corrected chi connectivity index (χ2v) is 11.0. The number of hydrogen-bond acceptors (Lipinski definition) is 3. The maximum Gasteiger partial charge on any atom is 0.263 e. The lowest BCUT2D eigenvalue weighted by molar-refractivity contribution is -0.0672. The predicted molar refractivity (Wildman–Crippen MR) is 107 cm³/mol.